The van der Waals surface area contributed by atoms with Crippen molar-refractivity contribution >= 4 is 45.4 Å². The molecule has 2 aromatic carbocycles. The van der Waals surface area contributed by atoms with Crippen molar-refractivity contribution in [3.8, 4) is 0 Å². The number of aryl methyl sites for hydroxylation is 1. The Labute approximate surface area is 190 Å². The average Bonchev–Trinajstić information content (AvgIpc) is 3.20. The molecule has 4 rings (SSSR count). The third kappa shape index (κ3) is 4.98. The van der Waals surface area contributed by atoms with Gasteiger partial charge in [0.15, 0.2) is 5.78 Å². The molecule has 7 nitrogen and oxygen atoms in total. The molecule has 0 saturated heterocycles. The van der Waals surface area contributed by atoms with E-state index in [0.29, 0.717) is 35.6 Å². The lowest BCUT2D eigenvalue weighted by molar-refractivity contribution is -0.122. The second kappa shape index (κ2) is 9.93. The van der Waals surface area contributed by atoms with Crippen LogP contribution in [0.2, 0.25) is 0 Å². The van der Waals surface area contributed by atoms with Gasteiger partial charge in [0, 0.05) is 29.4 Å². The summed E-state index contributed by atoms with van der Waals surface area (Å²) in [4.78, 5) is 37.1. The summed E-state index contributed by atoms with van der Waals surface area (Å²) in [6, 6.07) is 14.8. The Kier molecular flexibility index (Phi) is 6.82. The summed E-state index contributed by atoms with van der Waals surface area (Å²) < 4.78 is 0. The van der Waals surface area contributed by atoms with Gasteiger partial charge in [0.2, 0.25) is 5.91 Å². The van der Waals surface area contributed by atoms with Crippen molar-refractivity contribution < 1.29 is 9.59 Å². The molecule has 0 unspecified atom stereocenters. The number of ketones is 1. The number of hydrogen-bond donors (Lipinski definition) is 3. The van der Waals surface area contributed by atoms with Crippen LogP contribution < -0.4 is 11.1 Å². The van der Waals surface area contributed by atoms with Gasteiger partial charge >= 0.3 is 0 Å². The average molecular weight is 448 g/mol. The summed E-state index contributed by atoms with van der Waals surface area (Å²) in [5.41, 5.74) is 10.7. The number of aromatic nitrogens is 3. The van der Waals surface area contributed by atoms with E-state index in [0.717, 1.165) is 22.0 Å². The fraction of sp³-hybridized carbons (Fsp3) is 0.250. The Morgan fingerprint density at radius 2 is 1.81 bits per heavy atom. The quantitative estimate of drug-likeness (QED) is 0.268. The molecule has 0 aliphatic carbocycles. The van der Waals surface area contributed by atoms with Gasteiger partial charge in [-0.3, -0.25) is 9.59 Å². The number of amides is 1. The topological polar surface area (TPSA) is 114 Å². The molecule has 0 aliphatic heterocycles. The molecule has 0 radical (unpaired) electrons. The van der Waals surface area contributed by atoms with Crippen LogP contribution in [0.4, 0.5) is 0 Å². The predicted octanol–water partition coefficient (Wildman–Crippen LogP) is 3.02. The number of carbonyl (C=O) groups excluding carboxylic acids is 2. The molecule has 4 aromatic rings. The molecule has 1 amide bonds. The Hall–Kier alpha value is -3.23. The van der Waals surface area contributed by atoms with Crippen LogP contribution in [-0.2, 0) is 11.2 Å². The van der Waals surface area contributed by atoms with Crippen molar-refractivity contribution in [2.45, 2.75) is 19.4 Å². The minimum absolute atomic E-state index is 0.0619. The molecule has 2 heterocycles. The van der Waals surface area contributed by atoms with Crippen LogP contribution in [0.25, 0.3) is 21.9 Å². The number of nitrogens with one attached hydrogen (secondary N) is 2. The molecule has 8 heteroatoms. The predicted molar refractivity (Wildman–Crippen MR) is 129 cm³/mol. The molecule has 0 aliphatic rings. The van der Waals surface area contributed by atoms with Crippen LogP contribution in [0.15, 0.2) is 54.7 Å². The molecule has 0 spiro atoms. The number of rotatable bonds is 9. The van der Waals surface area contributed by atoms with Gasteiger partial charge in [-0.2, -0.15) is 11.8 Å². The molecule has 0 bridgehead atoms. The lowest BCUT2D eigenvalue weighted by atomic mass is 10.1. The summed E-state index contributed by atoms with van der Waals surface area (Å²) in [6.07, 6.45) is 2.36. The summed E-state index contributed by atoms with van der Waals surface area (Å²) in [5, 5.41) is 3.94. The van der Waals surface area contributed by atoms with E-state index in [2.05, 4.69) is 20.3 Å². The zero-order valence-corrected chi connectivity index (χ0v) is 18.6. The number of Topliss-reactive ketones (excluding diaryl/α,β-unsaturated/α-hetero) is 1. The van der Waals surface area contributed by atoms with Gasteiger partial charge < -0.3 is 16.0 Å². The second-order valence-electron chi connectivity index (χ2n) is 7.58. The number of benzene rings is 2. The summed E-state index contributed by atoms with van der Waals surface area (Å²) >= 11 is 1.45. The van der Waals surface area contributed by atoms with Gasteiger partial charge in [-0.1, -0.05) is 30.3 Å². The first-order valence-corrected chi connectivity index (χ1v) is 11.6. The molecule has 164 valence electrons. The molecule has 0 saturated carbocycles. The Morgan fingerprint density at radius 1 is 1.09 bits per heavy atom. The van der Waals surface area contributed by atoms with Gasteiger partial charge in [0.05, 0.1) is 28.5 Å². The highest BCUT2D eigenvalue weighted by atomic mass is 32.2. The molecule has 1 atom stereocenters. The highest BCUT2D eigenvalue weighted by molar-refractivity contribution is 8.00. The fourth-order valence-electron chi connectivity index (χ4n) is 3.59. The van der Waals surface area contributed by atoms with Crippen LogP contribution in [0.1, 0.15) is 21.7 Å². The monoisotopic (exact) mass is 447 g/mol. The molecule has 32 heavy (non-hydrogen) atoms. The van der Waals surface area contributed by atoms with Crippen molar-refractivity contribution in [3.05, 3.63) is 71.7 Å². The Morgan fingerprint density at radius 3 is 2.62 bits per heavy atom. The molecule has 2 aromatic heterocycles. The second-order valence-corrected chi connectivity index (χ2v) is 8.69. The van der Waals surface area contributed by atoms with Crippen LogP contribution in [0, 0.1) is 6.92 Å². The van der Waals surface area contributed by atoms with Crippen LogP contribution in [0.3, 0.4) is 0 Å². The Balaban J connectivity index is 1.22. The SMILES string of the molecule is Cc1nc2ccccc2nc1C(=O)CSCCNC(=O)[C@@H](N)Cc1c[nH]c2ccccc12. The number of para-hydroxylation sites is 3. The van der Waals surface area contributed by atoms with Crippen molar-refractivity contribution in [3.63, 3.8) is 0 Å². The van der Waals surface area contributed by atoms with Crippen LogP contribution >= 0.6 is 11.8 Å². The zero-order valence-electron chi connectivity index (χ0n) is 17.8. The third-order valence-electron chi connectivity index (χ3n) is 5.24. The van der Waals surface area contributed by atoms with Crippen LogP contribution in [0.5, 0.6) is 0 Å². The number of carbonyl (C=O) groups is 2. The lowest BCUT2D eigenvalue weighted by Crippen LogP contribution is -2.42. The lowest BCUT2D eigenvalue weighted by Gasteiger charge is -2.12. The minimum Gasteiger partial charge on any atom is -0.361 e. The number of nitrogens with zero attached hydrogens (tertiary/aromatic N) is 2. The van der Waals surface area contributed by atoms with E-state index in [-0.39, 0.29) is 17.4 Å². The summed E-state index contributed by atoms with van der Waals surface area (Å²) in [5.74, 6) is 0.634. The number of aromatic amines is 1. The first-order chi connectivity index (χ1) is 15.5. The number of H-pyrrole nitrogens is 1. The normalized spacial score (nSPS) is 12.2. The van der Waals surface area contributed by atoms with E-state index in [1.165, 1.54) is 11.8 Å². The van der Waals surface area contributed by atoms with Gasteiger partial charge in [-0.25, -0.2) is 9.97 Å². The number of hydrogen-bond acceptors (Lipinski definition) is 6. The van der Waals surface area contributed by atoms with Gasteiger partial charge in [0.1, 0.15) is 5.69 Å². The zero-order chi connectivity index (χ0) is 22.5. The highest BCUT2D eigenvalue weighted by Gasteiger charge is 2.16. The van der Waals surface area contributed by atoms with Gasteiger partial charge in [-0.15, -0.1) is 0 Å². The third-order valence-corrected chi connectivity index (χ3v) is 6.20. The van der Waals surface area contributed by atoms with Crippen molar-refractivity contribution in [1.82, 2.24) is 20.3 Å². The molecular formula is C24H25N5O2S. The maximum Gasteiger partial charge on any atom is 0.237 e. The standard InChI is InChI=1S/C24H25N5O2S/c1-15-23(29-21-9-5-4-8-20(21)28-15)22(30)14-32-11-10-26-24(31)18(25)12-16-13-27-19-7-3-2-6-17(16)19/h2-9,13,18,27H,10-12,14,25H2,1H3,(H,26,31)/t18-/m0/s1. The van der Waals surface area contributed by atoms with E-state index in [9.17, 15) is 9.59 Å². The maximum atomic E-state index is 12.6. The molecule has 4 N–H and O–H groups in total. The molecular weight excluding hydrogens is 422 g/mol. The highest BCUT2D eigenvalue weighted by Crippen LogP contribution is 2.19. The first kappa shape index (κ1) is 22.0. The van der Waals surface area contributed by atoms with Gasteiger partial charge in [0.25, 0.3) is 0 Å². The van der Waals surface area contributed by atoms with Crippen LogP contribution in [-0.4, -0.2) is 50.7 Å². The van der Waals surface area contributed by atoms with E-state index in [1.54, 1.807) is 6.92 Å². The Bertz CT molecular complexity index is 1270. The van der Waals surface area contributed by atoms with Gasteiger partial charge in [-0.05, 0) is 37.1 Å². The smallest absolute Gasteiger partial charge is 0.237 e. The number of nitrogens with two attached hydrogens (primary N) is 1. The summed E-state index contributed by atoms with van der Waals surface area (Å²) in [7, 11) is 0. The minimum atomic E-state index is -0.628. The maximum absolute atomic E-state index is 12.6. The summed E-state index contributed by atoms with van der Waals surface area (Å²) in [6.45, 7) is 2.24. The van der Waals surface area contributed by atoms with E-state index >= 15 is 0 Å². The van der Waals surface area contributed by atoms with Crippen molar-refractivity contribution in [2.75, 3.05) is 18.1 Å². The van der Waals surface area contributed by atoms with E-state index < -0.39 is 6.04 Å². The van der Waals surface area contributed by atoms with E-state index in [4.69, 9.17) is 5.73 Å². The first-order valence-electron chi connectivity index (χ1n) is 10.5. The van der Waals surface area contributed by atoms with Crippen molar-refractivity contribution in [1.29, 1.82) is 0 Å². The number of fused-ring (bicyclic) bond motifs is 2. The largest absolute Gasteiger partial charge is 0.361 e. The van der Waals surface area contributed by atoms with E-state index in [1.807, 2.05) is 54.7 Å². The fourth-order valence-corrected chi connectivity index (χ4v) is 4.31. The molecule has 0 fully saturated rings. The number of thioether (sulfide) groups is 1. The van der Waals surface area contributed by atoms with Crippen molar-refractivity contribution in [2.24, 2.45) is 5.73 Å².